The van der Waals surface area contributed by atoms with E-state index in [4.69, 9.17) is 9.63 Å². The lowest BCUT2D eigenvalue weighted by molar-refractivity contribution is 0.154. The van der Waals surface area contributed by atoms with E-state index < -0.39 is 6.09 Å². The summed E-state index contributed by atoms with van der Waals surface area (Å²) in [5.41, 5.74) is 0.785. The second kappa shape index (κ2) is 10.1. The second-order valence-electron chi connectivity index (χ2n) is 7.30. The highest BCUT2D eigenvalue weighted by molar-refractivity contribution is 5.65. The monoisotopic (exact) mass is 387 g/mol. The van der Waals surface area contributed by atoms with Crippen LogP contribution in [0.25, 0.3) is 11.4 Å². The summed E-state index contributed by atoms with van der Waals surface area (Å²) in [5.74, 6) is 1.78. The van der Waals surface area contributed by atoms with Crippen LogP contribution in [-0.4, -0.2) is 50.9 Å². The van der Waals surface area contributed by atoms with Gasteiger partial charge >= 0.3 is 6.09 Å². The third-order valence-electron chi connectivity index (χ3n) is 5.11. The Morgan fingerprint density at radius 2 is 2.11 bits per heavy atom. The van der Waals surface area contributed by atoms with Crippen molar-refractivity contribution in [1.29, 1.82) is 0 Å². The molecule has 1 aliphatic heterocycles. The van der Waals surface area contributed by atoms with Gasteiger partial charge in [-0.05, 0) is 25.0 Å². The van der Waals surface area contributed by atoms with Gasteiger partial charge in [0.1, 0.15) is 5.82 Å². The van der Waals surface area contributed by atoms with E-state index in [9.17, 15) is 4.79 Å². The molecule has 0 aliphatic carbocycles. The lowest BCUT2D eigenvalue weighted by Gasteiger charge is -2.09. The van der Waals surface area contributed by atoms with Gasteiger partial charge in [-0.25, -0.2) is 9.78 Å². The van der Waals surface area contributed by atoms with Crippen LogP contribution in [0, 0.1) is 0 Å². The number of hydrogen-bond donors (Lipinski definition) is 2. The maximum absolute atomic E-state index is 11.0. The van der Waals surface area contributed by atoms with Gasteiger partial charge in [0.15, 0.2) is 0 Å². The molecular formula is C20H29N5O3. The van der Waals surface area contributed by atoms with Crippen molar-refractivity contribution < 1.29 is 14.4 Å². The first-order chi connectivity index (χ1) is 13.7. The van der Waals surface area contributed by atoms with Crippen molar-refractivity contribution in [2.75, 3.05) is 25.0 Å². The van der Waals surface area contributed by atoms with Gasteiger partial charge in [0.2, 0.25) is 11.7 Å². The molecule has 2 N–H and O–H groups in total. The van der Waals surface area contributed by atoms with E-state index in [1.165, 1.54) is 37.0 Å². The van der Waals surface area contributed by atoms with Crippen LogP contribution < -0.4 is 5.32 Å². The van der Waals surface area contributed by atoms with Gasteiger partial charge in [-0.1, -0.05) is 44.2 Å². The number of rotatable bonds is 10. The quantitative estimate of drug-likeness (QED) is 0.583. The predicted octanol–water partition coefficient (Wildman–Crippen LogP) is 4.37. The molecule has 1 atom stereocenters. The van der Waals surface area contributed by atoms with Crippen LogP contribution in [0.15, 0.2) is 22.9 Å². The fourth-order valence-corrected chi connectivity index (χ4v) is 3.41. The number of carboxylic acid groups (broad SMARTS) is 1. The molecule has 1 fully saturated rings. The summed E-state index contributed by atoms with van der Waals surface area (Å²) in [7, 11) is 0. The number of hydrogen-bond acceptors (Lipinski definition) is 6. The van der Waals surface area contributed by atoms with E-state index in [0.29, 0.717) is 31.2 Å². The molecule has 0 aromatic carbocycles. The first-order valence-corrected chi connectivity index (χ1v) is 10.2. The normalized spacial score (nSPS) is 16.5. The van der Waals surface area contributed by atoms with Crippen LogP contribution in [0.4, 0.5) is 10.6 Å². The standard InChI is InChI=1S/C20H29N5O3/c1-2-3-4-5-6-7-11-21-17-9-8-15(13-22-17)18-23-19(28-24-18)16-10-12-25(14-16)20(26)27/h8-9,13,16H,2-7,10-12,14H2,1H3,(H,21,22)(H,26,27)/t16-/m1/s1. The summed E-state index contributed by atoms with van der Waals surface area (Å²) in [4.78, 5) is 21.3. The molecule has 3 heterocycles. The number of unbranched alkanes of at least 4 members (excludes halogenated alkanes) is 5. The molecular weight excluding hydrogens is 358 g/mol. The topological polar surface area (TPSA) is 104 Å². The summed E-state index contributed by atoms with van der Waals surface area (Å²) >= 11 is 0. The highest BCUT2D eigenvalue weighted by atomic mass is 16.5. The molecule has 152 valence electrons. The minimum absolute atomic E-state index is 0.0384. The molecule has 8 nitrogen and oxygen atoms in total. The molecule has 1 aliphatic rings. The van der Waals surface area contributed by atoms with E-state index in [0.717, 1.165) is 24.3 Å². The van der Waals surface area contributed by atoms with Crippen molar-refractivity contribution >= 4 is 11.9 Å². The number of anilines is 1. The second-order valence-corrected chi connectivity index (χ2v) is 7.30. The Morgan fingerprint density at radius 3 is 2.82 bits per heavy atom. The Balaban J connectivity index is 1.46. The largest absolute Gasteiger partial charge is 0.465 e. The average molecular weight is 387 g/mol. The Hall–Kier alpha value is -2.64. The van der Waals surface area contributed by atoms with E-state index in [1.807, 2.05) is 12.1 Å². The number of likely N-dealkylation sites (tertiary alicyclic amines) is 1. The first kappa shape index (κ1) is 20.1. The van der Waals surface area contributed by atoms with Crippen molar-refractivity contribution in [2.45, 2.75) is 57.8 Å². The van der Waals surface area contributed by atoms with Crippen LogP contribution in [0.2, 0.25) is 0 Å². The number of pyridine rings is 1. The van der Waals surface area contributed by atoms with Crippen LogP contribution >= 0.6 is 0 Å². The Kier molecular flexibility index (Phi) is 7.22. The van der Waals surface area contributed by atoms with Crippen molar-refractivity contribution in [3.8, 4) is 11.4 Å². The summed E-state index contributed by atoms with van der Waals surface area (Å²) in [6, 6.07) is 3.84. The number of nitrogens with one attached hydrogen (secondary N) is 1. The fraction of sp³-hybridized carbons (Fsp3) is 0.600. The van der Waals surface area contributed by atoms with Crippen molar-refractivity contribution in [3.05, 3.63) is 24.2 Å². The van der Waals surface area contributed by atoms with E-state index in [-0.39, 0.29) is 5.92 Å². The van der Waals surface area contributed by atoms with Crippen LogP contribution in [0.3, 0.4) is 0 Å². The van der Waals surface area contributed by atoms with Crippen LogP contribution in [0.5, 0.6) is 0 Å². The molecule has 0 unspecified atom stereocenters. The van der Waals surface area contributed by atoms with Gasteiger partial charge in [0, 0.05) is 31.4 Å². The Labute approximate surface area is 165 Å². The van der Waals surface area contributed by atoms with E-state index in [2.05, 4.69) is 27.4 Å². The Bertz CT molecular complexity index is 747. The minimum Gasteiger partial charge on any atom is -0.465 e. The van der Waals surface area contributed by atoms with Gasteiger partial charge in [-0.2, -0.15) is 4.98 Å². The molecule has 0 spiro atoms. The lowest BCUT2D eigenvalue weighted by atomic mass is 10.1. The van der Waals surface area contributed by atoms with Gasteiger partial charge in [-0.3, -0.25) is 0 Å². The van der Waals surface area contributed by atoms with E-state index in [1.54, 1.807) is 6.20 Å². The van der Waals surface area contributed by atoms with Crippen molar-refractivity contribution in [1.82, 2.24) is 20.0 Å². The van der Waals surface area contributed by atoms with Crippen LogP contribution in [0.1, 0.15) is 63.7 Å². The predicted molar refractivity (Wildman–Crippen MR) is 106 cm³/mol. The maximum atomic E-state index is 11.0. The zero-order valence-electron chi connectivity index (χ0n) is 16.4. The summed E-state index contributed by atoms with van der Waals surface area (Å²) in [5, 5.41) is 16.4. The molecule has 2 aromatic rings. The first-order valence-electron chi connectivity index (χ1n) is 10.2. The summed E-state index contributed by atoms with van der Waals surface area (Å²) in [6.07, 6.45) is 9.15. The fourth-order valence-electron chi connectivity index (χ4n) is 3.41. The van der Waals surface area contributed by atoms with Gasteiger partial charge < -0.3 is 19.8 Å². The number of amides is 1. The smallest absolute Gasteiger partial charge is 0.407 e. The third kappa shape index (κ3) is 5.43. The highest BCUT2D eigenvalue weighted by Gasteiger charge is 2.31. The lowest BCUT2D eigenvalue weighted by Crippen LogP contribution is -2.26. The molecule has 0 radical (unpaired) electrons. The zero-order valence-corrected chi connectivity index (χ0v) is 16.4. The maximum Gasteiger partial charge on any atom is 0.407 e. The van der Waals surface area contributed by atoms with Crippen molar-refractivity contribution in [3.63, 3.8) is 0 Å². The van der Waals surface area contributed by atoms with Crippen molar-refractivity contribution in [2.24, 2.45) is 0 Å². The molecule has 0 bridgehead atoms. The molecule has 3 rings (SSSR count). The summed E-state index contributed by atoms with van der Waals surface area (Å²) < 4.78 is 5.36. The van der Waals surface area contributed by atoms with E-state index >= 15 is 0 Å². The number of carbonyl (C=O) groups is 1. The van der Waals surface area contributed by atoms with Crippen LogP contribution in [-0.2, 0) is 0 Å². The molecule has 28 heavy (non-hydrogen) atoms. The van der Waals surface area contributed by atoms with Gasteiger partial charge in [0.05, 0.1) is 5.92 Å². The highest BCUT2D eigenvalue weighted by Crippen LogP contribution is 2.27. The molecule has 0 saturated carbocycles. The average Bonchev–Trinajstić information content (AvgIpc) is 3.37. The molecule has 1 saturated heterocycles. The number of aromatic nitrogens is 3. The molecule has 2 aromatic heterocycles. The molecule has 1 amide bonds. The number of nitrogens with zero attached hydrogens (tertiary/aromatic N) is 4. The van der Waals surface area contributed by atoms with Gasteiger partial charge in [0.25, 0.3) is 0 Å². The molecule has 8 heteroatoms. The zero-order chi connectivity index (χ0) is 19.8. The van der Waals surface area contributed by atoms with Gasteiger partial charge in [-0.15, -0.1) is 0 Å². The summed E-state index contributed by atoms with van der Waals surface area (Å²) in [6.45, 7) is 4.05. The SMILES string of the molecule is CCCCCCCCNc1ccc(-c2noc([C@@H]3CCN(C(=O)O)C3)n2)cn1. The Morgan fingerprint density at radius 1 is 1.29 bits per heavy atom. The minimum atomic E-state index is -0.907. The third-order valence-corrected chi connectivity index (χ3v) is 5.11.